The summed E-state index contributed by atoms with van der Waals surface area (Å²) >= 11 is 0. The Labute approximate surface area is 184 Å². The summed E-state index contributed by atoms with van der Waals surface area (Å²) in [5.41, 5.74) is 2.72. The Morgan fingerprint density at radius 2 is 1.78 bits per heavy atom. The molecule has 8 nitrogen and oxygen atoms in total. The van der Waals surface area contributed by atoms with Gasteiger partial charge in [-0.3, -0.25) is 14.5 Å². The van der Waals surface area contributed by atoms with Crippen LogP contribution in [0.25, 0.3) is 6.08 Å². The molecule has 1 aliphatic heterocycles. The number of fused-ring (bicyclic) bond motifs is 1. The first-order valence-corrected chi connectivity index (χ1v) is 9.88. The molecule has 4 rings (SSSR count). The van der Waals surface area contributed by atoms with Crippen molar-refractivity contribution in [1.82, 2.24) is 14.8 Å². The molecule has 162 valence electrons. The van der Waals surface area contributed by atoms with Gasteiger partial charge in [0, 0.05) is 30.2 Å². The van der Waals surface area contributed by atoms with Crippen LogP contribution in [0.1, 0.15) is 42.3 Å². The molecule has 0 bridgehead atoms. The molecule has 1 aliphatic rings. The van der Waals surface area contributed by atoms with E-state index in [1.165, 1.54) is 29.2 Å². The molecule has 0 saturated carbocycles. The van der Waals surface area contributed by atoms with Gasteiger partial charge in [-0.25, -0.2) is 4.79 Å². The highest BCUT2D eigenvalue weighted by Gasteiger charge is 2.20. The number of carboxylic acids is 1. The number of nitrogens with one attached hydrogen (secondary N) is 1. The van der Waals surface area contributed by atoms with Crippen molar-refractivity contribution in [2.45, 2.75) is 13.2 Å². The van der Waals surface area contributed by atoms with Crippen molar-refractivity contribution < 1.29 is 24.2 Å². The summed E-state index contributed by atoms with van der Waals surface area (Å²) in [6, 6.07) is 15.0. The Hall–Kier alpha value is -4.33. The van der Waals surface area contributed by atoms with E-state index >= 15 is 0 Å². The quantitative estimate of drug-likeness (QED) is 0.624. The highest BCUT2D eigenvalue weighted by Crippen LogP contribution is 2.19. The summed E-state index contributed by atoms with van der Waals surface area (Å²) in [5, 5.41) is 11.9. The Balaban J connectivity index is 1.41. The number of methoxy groups -OCH3 is 1. The maximum absolute atomic E-state index is 12.8. The van der Waals surface area contributed by atoms with Gasteiger partial charge in [0.1, 0.15) is 12.4 Å². The average molecular weight is 431 g/mol. The van der Waals surface area contributed by atoms with Gasteiger partial charge in [-0.15, -0.1) is 0 Å². The second kappa shape index (κ2) is 8.81. The number of carboxylic acid groups (broad SMARTS) is 1. The van der Waals surface area contributed by atoms with Crippen molar-refractivity contribution in [3.63, 3.8) is 0 Å². The van der Waals surface area contributed by atoms with Gasteiger partial charge in [0.2, 0.25) is 0 Å². The molecule has 0 unspecified atom stereocenters. The van der Waals surface area contributed by atoms with Gasteiger partial charge in [0.25, 0.3) is 11.8 Å². The monoisotopic (exact) mass is 431 g/mol. The summed E-state index contributed by atoms with van der Waals surface area (Å²) in [7, 11) is 1.59. The van der Waals surface area contributed by atoms with Crippen LogP contribution >= 0.6 is 0 Å². The fourth-order valence-corrected chi connectivity index (χ4v) is 3.41. The summed E-state index contributed by atoms with van der Waals surface area (Å²) in [5.74, 6) is -0.800. The lowest BCUT2D eigenvalue weighted by atomic mass is 10.1. The van der Waals surface area contributed by atoms with Gasteiger partial charge in [-0.2, -0.15) is 0 Å². The van der Waals surface area contributed by atoms with E-state index in [0.717, 1.165) is 17.0 Å². The lowest BCUT2D eigenvalue weighted by Gasteiger charge is -2.23. The zero-order valence-electron chi connectivity index (χ0n) is 17.3. The van der Waals surface area contributed by atoms with Crippen molar-refractivity contribution in [2.24, 2.45) is 0 Å². The Bertz CT molecular complexity index is 1210. The molecule has 0 atom stereocenters. The molecule has 2 N–H and O–H groups in total. The van der Waals surface area contributed by atoms with Crippen LogP contribution in [0.15, 0.2) is 67.0 Å². The van der Waals surface area contributed by atoms with Gasteiger partial charge in [-0.05, 0) is 54.1 Å². The maximum Gasteiger partial charge on any atom is 0.335 e. The largest absolute Gasteiger partial charge is 0.497 e. The smallest absolute Gasteiger partial charge is 0.335 e. The molecule has 1 aromatic heterocycles. The van der Waals surface area contributed by atoms with Crippen LogP contribution in [0, 0.1) is 0 Å². The van der Waals surface area contributed by atoms with E-state index in [9.17, 15) is 14.4 Å². The second-order valence-corrected chi connectivity index (χ2v) is 7.27. The number of carbonyl (C=O) groups excluding carboxylic acids is 2. The normalized spacial score (nSPS) is 12.2. The first-order chi connectivity index (χ1) is 15.4. The van der Waals surface area contributed by atoms with Crippen LogP contribution in [-0.4, -0.2) is 39.5 Å². The molecule has 0 saturated heterocycles. The third-order valence-electron chi connectivity index (χ3n) is 5.15. The fraction of sp³-hybridized carbons (Fsp3) is 0.125. The highest BCUT2D eigenvalue weighted by molar-refractivity contribution is 5.97. The standard InChI is InChI=1S/C24H21N3O5/c1-32-21-4-2-3-16(11-21)13-25-22(28)19-12-20-9-10-26(15-27(20)14-19)23(29)17-5-7-18(8-6-17)24(30)31/h2-12,14H,13,15H2,1H3,(H,25,28)(H,30,31). The second-order valence-electron chi connectivity index (χ2n) is 7.27. The summed E-state index contributed by atoms with van der Waals surface area (Å²) in [6.07, 6.45) is 5.11. The van der Waals surface area contributed by atoms with E-state index in [4.69, 9.17) is 9.84 Å². The Kier molecular flexibility index (Phi) is 5.76. The molecule has 0 radical (unpaired) electrons. The third kappa shape index (κ3) is 4.39. The van der Waals surface area contributed by atoms with E-state index in [0.29, 0.717) is 17.7 Å². The fourth-order valence-electron chi connectivity index (χ4n) is 3.41. The number of ether oxygens (including phenoxy) is 1. The number of hydrogen-bond acceptors (Lipinski definition) is 4. The summed E-state index contributed by atoms with van der Waals surface area (Å²) < 4.78 is 7.01. The number of rotatable bonds is 6. The molecule has 0 fully saturated rings. The van der Waals surface area contributed by atoms with Crippen LogP contribution in [-0.2, 0) is 13.2 Å². The third-order valence-corrected chi connectivity index (χ3v) is 5.15. The predicted molar refractivity (Wildman–Crippen MR) is 117 cm³/mol. The van der Waals surface area contributed by atoms with E-state index in [-0.39, 0.29) is 24.0 Å². The molecule has 32 heavy (non-hydrogen) atoms. The minimum absolute atomic E-state index is 0.119. The molecule has 2 amide bonds. The van der Waals surface area contributed by atoms with Gasteiger partial charge in [0.05, 0.1) is 18.2 Å². The molecule has 3 aromatic rings. The molecular formula is C24H21N3O5. The Morgan fingerprint density at radius 1 is 1.03 bits per heavy atom. The molecule has 0 aliphatic carbocycles. The number of aromatic carboxylic acids is 1. The molecule has 2 aromatic carbocycles. The average Bonchev–Trinajstić information content (AvgIpc) is 3.26. The van der Waals surface area contributed by atoms with Crippen molar-refractivity contribution >= 4 is 23.9 Å². The number of nitrogens with zero attached hydrogens (tertiary/aromatic N) is 2. The highest BCUT2D eigenvalue weighted by atomic mass is 16.5. The van der Waals surface area contributed by atoms with Crippen LogP contribution in [0.3, 0.4) is 0 Å². The first-order valence-electron chi connectivity index (χ1n) is 9.88. The zero-order valence-corrected chi connectivity index (χ0v) is 17.3. The number of aromatic nitrogens is 1. The van der Waals surface area contributed by atoms with Gasteiger partial charge in [-0.1, -0.05) is 12.1 Å². The summed E-state index contributed by atoms with van der Waals surface area (Å²) in [6.45, 7) is 0.609. The number of carbonyl (C=O) groups is 3. The molecular weight excluding hydrogens is 410 g/mol. The number of hydrogen-bond donors (Lipinski definition) is 2. The van der Waals surface area contributed by atoms with E-state index in [1.807, 2.05) is 28.8 Å². The van der Waals surface area contributed by atoms with Crippen molar-refractivity contribution in [3.8, 4) is 5.75 Å². The molecule has 2 heterocycles. The van der Waals surface area contributed by atoms with Crippen molar-refractivity contribution in [2.75, 3.05) is 7.11 Å². The minimum Gasteiger partial charge on any atom is -0.497 e. The minimum atomic E-state index is -1.05. The van der Waals surface area contributed by atoms with Crippen LogP contribution < -0.4 is 10.1 Å². The van der Waals surface area contributed by atoms with E-state index < -0.39 is 5.97 Å². The maximum atomic E-state index is 12.8. The van der Waals surface area contributed by atoms with Crippen LogP contribution in [0.5, 0.6) is 5.75 Å². The Morgan fingerprint density at radius 3 is 2.50 bits per heavy atom. The van der Waals surface area contributed by atoms with Gasteiger partial charge in [0.15, 0.2) is 0 Å². The topological polar surface area (TPSA) is 101 Å². The van der Waals surface area contributed by atoms with Crippen LogP contribution in [0.4, 0.5) is 0 Å². The summed E-state index contributed by atoms with van der Waals surface area (Å²) in [4.78, 5) is 37.9. The lowest BCUT2D eigenvalue weighted by molar-refractivity contribution is 0.0694. The molecule has 0 spiro atoms. The van der Waals surface area contributed by atoms with E-state index in [1.54, 1.807) is 31.6 Å². The number of amides is 2. The lowest BCUT2D eigenvalue weighted by Crippen LogP contribution is -2.30. The van der Waals surface area contributed by atoms with Crippen molar-refractivity contribution in [1.29, 1.82) is 0 Å². The van der Waals surface area contributed by atoms with Crippen LogP contribution in [0.2, 0.25) is 0 Å². The van der Waals surface area contributed by atoms with E-state index in [2.05, 4.69) is 5.32 Å². The van der Waals surface area contributed by atoms with Gasteiger partial charge >= 0.3 is 5.97 Å². The SMILES string of the molecule is COc1cccc(CNC(=O)c2cc3n(c2)CN(C(=O)c2ccc(C(=O)O)cc2)C=C3)c1. The first kappa shape index (κ1) is 20.9. The molecule has 8 heteroatoms. The predicted octanol–water partition coefficient (Wildman–Crippen LogP) is 3.21. The zero-order chi connectivity index (χ0) is 22.7. The number of benzene rings is 2. The van der Waals surface area contributed by atoms with Gasteiger partial charge < -0.3 is 19.7 Å². The van der Waals surface area contributed by atoms with Crippen molar-refractivity contribution in [3.05, 3.63) is 94.9 Å².